The summed E-state index contributed by atoms with van der Waals surface area (Å²) in [6.45, 7) is 0. The SMILES string of the molecule is O=C(/C=C/c1nc(-c2ccccc2)oc1O)C(F)(F)F. The van der Waals surface area contributed by atoms with Crippen molar-refractivity contribution < 1.29 is 27.5 Å². The van der Waals surface area contributed by atoms with Gasteiger partial charge >= 0.3 is 12.1 Å². The van der Waals surface area contributed by atoms with Crippen LogP contribution in [-0.4, -0.2) is 22.1 Å². The fraction of sp³-hybridized carbons (Fsp3) is 0.0769. The molecule has 1 aromatic heterocycles. The van der Waals surface area contributed by atoms with E-state index in [1.807, 2.05) is 0 Å². The highest BCUT2D eigenvalue weighted by atomic mass is 19.4. The molecular weight excluding hydrogens is 275 g/mol. The number of hydrogen-bond donors (Lipinski definition) is 1. The van der Waals surface area contributed by atoms with Gasteiger partial charge in [-0.3, -0.25) is 4.79 Å². The number of carbonyl (C=O) groups is 1. The molecule has 0 radical (unpaired) electrons. The molecule has 20 heavy (non-hydrogen) atoms. The van der Waals surface area contributed by atoms with E-state index in [0.717, 1.165) is 6.08 Å². The van der Waals surface area contributed by atoms with Gasteiger partial charge in [-0.1, -0.05) is 18.2 Å². The van der Waals surface area contributed by atoms with Crippen molar-refractivity contribution in [2.75, 3.05) is 0 Å². The standard InChI is InChI=1S/C13H8F3NO3/c14-13(15,16)10(18)7-6-9-12(19)20-11(17-9)8-4-2-1-3-5-8/h1-7,19H/b7-6+. The van der Waals surface area contributed by atoms with Crippen LogP contribution in [0.25, 0.3) is 17.5 Å². The number of rotatable bonds is 3. The minimum absolute atomic E-state index is 0.0437. The molecule has 1 heterocycles. The van der Waals surface area contributed by atoms with Crippen molar-refractivity contribution in [3.63, 3.8) is 0 Å². The number of oxazole rings is 1. The number of aromatic hydroxyl groups is 1. The van der Waals surface area contributed by atoms with Crippen molar-refractivity contribution in [1.29, 1.82) is 0 Å². The molecule has 7 heteroatoms. The van der Waals surface area contributed by atoms with Gasteiger partial charge in [-0.05, 0) is 24.3 Å². The van der Waals surface area contributed by atoms with Gasteiger partial charge in [0.1, 0.15) is 5.69 Å². The van der Waals surface area contributed by atoms with E-state index in [9.17, 15) is 23.1 Å². The molecule has 1 aromatic carbocycles. The maximum atomic E-state index is 12.0. The van der Waals surface area contributed by atoms with Crippen molar-refractivity contribution in [2.24, 2.45) is 0 Å². The number of hydrogen-bond acceptors (Lipinski definition) is 4. The second-order valence-corrected chi connectivity index (χ2v) is 3.77. The third-order valence-electron chi connectivity index (χ3n) is 2.33. The number of benzene rings is 1. The van der Waals surface area contributed by atoms with E-state index in [0.29, 0.717) is 5.56 Å². The Hall–Kier alpha value is -2.57. The zero-order valence-corrected chi connectivity index (χ0v) is 9.89. The first-order valence-corrected chi connectivity index (χ1v) is 5.42. The Bertz CT molecular complexity index is 645. The van der Waals surface area contributed by atoms with Gasteiger partial charge in [0.2, 0.25) is 5.89 Å². The zero-order chi connectivity index (χ0) is 14.8. The molecule has 0 atom stereocenters. The molecule has 0 spiro atoms. The summed E-state index contributed by atoms with van der Waals surface area (Å²) in [4.78, 5) is 14.5. The van der Waals surface area contributed by atoms with Crippen LogP contribution in [0.3, 0.4) is 0 Å². The molecule has 0 aliphatic heterocycles. The maximum absolute atomic E-state index is 12.0. The van der Waals surface area contributed by atoms with Gasteiger partial charge in [0, 0.05) is 5.56 Å². The van der Waals surface area contributed by atoms with E-state index >= 15 is 0 Å². The lowest BCUT2D eigenvalue weighted by molar-refractivity contribution is -0.165. The summed E-state index contributed by atoms with van der Waals surface area (Å²) < 4.78 is 41.0. The van der Waals surface area contributed by atoms with Crippen molar-refractivity contribution in [2.45, 2.75) is 6.18 Å². The van der Waals surface area contributed by atoms with Crippen LogP contribution in [0.5, 0.6) is 5.95 Å². The Morgan fingerprint density at radius 2 is 1.90 bits per heavy atom. The first kappa shape index (κ1) is 13.9. The summed E-state index contributed by atoms with van der Waals surface area (Å²) in [5.41, 5.74) is 0.297. The quantitative estimate of drug-likeness (QED) is 0.879. The fourth-order valence-electron chi connectivity index (χ4n) is 1.39. The van der Waals surface area contributed by atoms with Gasteiger partial charge in [0.15, 0.2) is 0 Å². The molecule has 0 aliphatic rings. The Balaban J connectivity index is 2.25. The highest BCUT2D eigenvalue weighted by molar-refractivity contribution is 5.97. The van der Waals surface area contributed by atoms with Crippen LogP contribution in [0.4, 0.5) is 13.2 Å². The van der Waals surface area contributed by atoms with Crippen LogP contribution in [-0.2, 0) is 4.79 Å². The van der Waals surface area contributed by atoms with E-state index < -0.39 is 17.9 Å². The van der Waals surface area contributed by atoms with Gasteiger partial charge in [0.05, 0.1) is 0 Å². The average molecular weight is 283 g/mol. The number of nitrogens with zero attached hydrogens (tertiary/aromatic N) is 1. The second-order valence-electron chi connectivity index (χ2n) is 3.77. The highest BCUT2D eigenvalue weighted by Crippen LogP contribution is 2.27. The number of allylic oxidation sites excluding steroid dienone is 1. The molecule has 104 valence electrons. The molecule has 2 aromatic rings. The topological polar surface area (TPSA) is 63.3 Å². The Labute approximate surface area is 111 Å². The predicted octanol–water partition coefficient (Wildman–Crippen LogP) is 3.19. The molecule has 0 unspecified atom stereocenters. The molecule has 0 amide bonds. The minimum atomic E-state index is -4.96. The third kappa shape index (κ3) is 3.05. The number of carbonyl (C=O) groups excluding carboxylic acids is 1. The van der Waals surface area contributed by atoms with Crippen molar-refractivity contribution in [1.82, 2.24) is 4.98 Å². The molecule has 4 nitrogen and oxygen atoms in total. The van der Waals surface area contributed by atoms with Crippen LogP contribution in [0.2, 0.25) is 0 Å². The summed E-state index contributed by atoms with van der Waals surface area (Å²) in [6.07, 6.45) is -3.93. The van der Waals surface area contributed by atoms with Crippen LogP contribution < -0.4 is 0 Å². The summed E-state index contributed by atoms with van der Waals surface area (Å²) in [5, 5.41) is 9.44. The van der Waals surface area contributed by atoms with E-state index in [1.54, 1.807) is 30.3 Å². The second kappa shape index (κ2) is 5.20. The van der Waals surface area contributed by atoms with Crippen LogP contribution in [0.15, 0.2) is 40.8 Å². The average Bonchev–Trinajstić information content (AvgIpc) is 2.77. The molecule has 1 N–H and O–H groups in total. The largest absolute Gasteiger partial charge is 0.479 e. The lowest BCUT2D eigenvalue weighted by Gasteiger charge is -1.98. The Morgan fingerprint density at radius 3 is 2.50 bits per heavy atom. The lowest BCUT2D eigenvalue weighted by atomic mass is 10.2. The maximum Gasteiger partial charge on any atom is 0.454 e. The van der Waals surface area contributed by atoms with Gasteiger partial charge < -0.3 is 9.52 Å². The number of alkyl halides is 3. The van der Waals surface area contributed by atoms with Crippen LogP contribution >= 0.6 is 0 Å². The Morgan fingerprint density at radius 1 is 1.25 bits per heavy atom. The van der Waals surface area contributed by atoms with E-state index in [2.05, 4.69) is 4.98 Å². The smallest absolute Gasteiger partial charge is 0.454 e. The zero-order valence-electron chi connectivity index (χ0n) is 9.89. The molecule has 2 rings (SSSR count). The summed E-state index contributed by atoms with van der Waals surface area (Å²) in [7, 11) is 0. The van der Waals surface area contributed by atoms with Gasteiger partial charge in [0.25, 0.3) is 5.78 Å². The highest BCUT2D eigenvalue weighted by Gasteiger charge is 2.36. The van der Waals surface area contributed by atoms with E-state index in [-0.39, 0.29) is 17.7 Å². The molecule has 0 bridgehead atoms. The van der Waals surface area contributed by atoms with Crippen LogP contribution in [0.1, 0.15) is 5.69 Å². The third-order valence-corrected chi connectivity index (χ3v) is 2.33. The van der Waals surface area contributed by atoms with E-state index in [4.69, 9.17) is 4.42 Å². The minimum Gasteiger partial charge on any atom is -0.479 e. The predicted molar refractivity (Wildman–Crippen MR) is 63.7 cm³/mol. The summed E-state index contributed by atoms with van der Waals surface area (Å²) in [6, 6.07) is 8.48. The van der Waals surface area contributed by atoms with Crippen molar-refractivity contribution in [3.05, 3.63) is 42.1 Å². The molecule has 0 aliphatic carbocycles. The molecule has 0 saturated heterocycles. The van der Waals surface area contributed by atoms with Crippen molar-refractivity contribution in [3.8, 4) is 17.4 Å². The lowest BCUT2D eigenvalue weighted by Crippen LogP contribution is -2.19. The fourth-order valence-corrected chi connectivity index (χ4v) is 1.39. The Kier molecular flexibility index (Phi) is 3.60. The molecular formula is C13H8F3NO3. The van der Waals surface area contributed by atoms with Crippen molar-refractivity contribution >= 4 is 11.9 Å². The number of aromatic nitrogens is 1. The monoisotopic (exact) mass is 283 g/mol. The summed E-state index contributed by atoms with van der Waals surface area (Å²) in [5.74, 6) is -2.65. The van der Waals surface area contributed by atoms with Gasteiger partial charge in [-0.2, -0.15) is 13.2 Å². The normalized spacial score (nSPS) is 11.9. The van der Waals surface area contributed by atoms with Gasteiger partial charge in [-0.25, -0.2) is 4.98 Å². The first-order chi connectivity index (χ1) is 9.38. The summed E-state index contributed by atoms with van der Waals surface area (Å²) >= 11 is 0. The molecule has 0 fully saturated rings. The molecule has 0 saturated carbocycles. The first-order valence-electron chi connectivity index (χ1n) is 5.42. The number of ketones is 1. The van der Waals surface area contributed by atoms with E-state index in [1.165, 1.54) is 0 Å². The van der Waals surface area contributed by atoms with Gasteiger partial charge in [-0.15, -0.1) is 0 Å². The number of halogens is 3. The van der Waals surface area contributed by atoms with Crippen LogP contribution in [0, 0.1) is 0 Å².